The maximum atomic E-state index is 5.55. The van der Waals surface area contributed by atoms with E-state index in [1.807, 2.05) is 30.1 Å². The smallest absolute Gasteiger partial charge is 0.225 e. The highest BCUT2D eigenvalue weighted by atomic mass is 15.2. The van der Waals surface area contributed by atoms with Crippen molar-refractivity contribution in [3.63, 3.8) is 0 Å². The zero-order valence-electron chi connectivity index (χ0n) is 9.74. The summed E-state index contributed by atoms with van der Waals surface area (Å²) in [5.41, 5.74) is 7.57. The van der Waals surface area contributed by atoms with Gasteiger partial charge in [-0.15, -0.1) is 0 Å². The van der Waals surface area contributed by atoms with Crippen LogP contribution in [-0.2, 0) is 13.1 Å². The van der Waals surface area contributed by atoms with Crippen molar-refractivity contribution in [3.8, 4) is 0 Å². The van der Waals surface area contributed by atoms with Crippen LogP contribution in [0.2, 0.25) is 0 Å². The molecule has 0 saturated heterocycles. The number of nitrogens with two attached hydrogens (primary N) is 1. The molecule has 0 aliphatic carbocycles. The van der Waals surface area contributed by atoms with Gasteiger partial charge in [-0.1, -0.05) is 0 Å². The summed E-state index contributed by atoms with van der Waals surface area (Å²) in [4.78, 5) is 14.6. The van der Waals surface area contributed by atoms with Crippen LogP contribution in [-0.4, -0.2) is 22.0 Å². The van der Waals surface area contributed by atoms with E-state index in [1.165, 1.54) is 5.56 Å². The average Bonchev–Trinajstić information content (AvgIpc) is 2.40. The van der Waals surface area contributed by atoms with Gasteiger partial charge in [0.1, 0.15) is 0 Å². The molecular formula is C12H15N5. The molecule has 17 heavy (non-hydrogen) atoms. The van der Waals surface area contributed by atoms with Gasteiger partial charge in [-0.05, 0) is 23.8 Å². The van der Waals surface area contributed by atoms with Crippen molar-refractivity contribution in [2.75, 3.05) is 11.9 Å². The van der Waals surface area contributed by atoms with Crippen LogP contribution in [0.5, 0.6) is 0 Å². The van der Waals surface area contributed by atoms with Crippen LogP contribution in [0, 0.1) is 0 Å². The molecule has 0 unspecified atom stereocenters. The van der Waals surface area contributed by atoms with Gasteiger partial charge in [0.25, 0.3) is 0 Å². The van der Waals surface area contributed by atoms with Crippen molar-refractivity contribution < 1.29 is 0 Å². The number of rotatable bonds is 4. The molecule has 5 nitrogen and oxygen atoms in total. The zero-order chi connectivity index (χ0) is 12.1. The van der Waals surface area contributed by atoms with Crippen molar-refractivity contribution in [2.45, 2.75) is 13.1 Å². The number of anilines is 1. The minimum atomic E-state index is 0.429. The van der Waals surface area contributed by atoms with Crippen LogP contribution >= 0.6 is 0 Å². The molecule has 0 radical (unpaired) electrons. The molecular weight excluding hydrogens is 214 g/mol. The molecule has 0 aromatic carbocycles. The fourth-order valence-electron chi connectivity index (χ4n) is 1.51. The molecule has 2 heterocycles. The van der Waals surface area contributed by atoms with Crippen molar-refractivity contribution in [1.82, 2.24) is 15.0 Å². The summed E-state index contributed by atoms with van der Waals surface area (Å²) in [6.07, 6.45) is 5.29. The van der Waals surface area contributed by atoms with Crippen LogP contribution < -0.4 is 10.6 Å². The minimum absolute atomic E-state index is 0.429. The van der Waals surface area contributed by atoms with E-state index in [0.717, 1.165) is 12.2 Å². The average molecular weight is 229 g/mol. The molecule has 5 heteroatoms. The summed E-state index contributed by atoms with van der Waals surface area (Å²) in [6, 6.07) is 5.77. The summed E-state index contributed by atoms with van der Waals surface area (Å²) in [5, 5.41) is 0. The predicted octanol–water partition coefficient (Wildman–Crippen LogP) is 0.967. The number of hydrogen-bond acceptors (Lipinski definition) is 5. The number of hydrogen-bond donors (Lipinski definition) is 1. The lowest BCUT2D eigenvalue weighted by molar-refractivity contribution is 0.844. The third-order valence-corrected chi connectivity index (χ3v) is 2.42. The minimum Gasteiger partial charge on any atom is -0.340 e. The molecule has 2 aromatic heterocycles. The highest BCUT2D eigenvalue weighted by molar-refractivity contribution is 5.30. The molecule has 0 bridgehead atoms. The first kappa shape index (κ1) is 11.5. The first-order valence-corrected chi connectivity index (χ1v) is 5.41. The Balaban J connectivity index is 2.11. The van der Waals surface area contributed by atoms with E-state index in [4.69, 9.17) is 5.73 Å². The van der Waals surface area contributed by atoms with Gasteiger partial charge in [0, 0.05) is 38.7 Å². The molecule has 0 amide bonds. The third kappa shape index (κ3) is 2.98. The fourth-order valence-corrected chi connectivity index (χ4v) is 1.51. The van der Waals surface area contributed by atoms with Gasteiger partial charge in [0.15, 0.2) is 0 Å². The lowest BCUT2D eigenvalue weighted by atomic mass is 10.2. The monoisotopic (exact) mass is 229 g/mol. The SMILES string of the molecule is CN(Cc1ccncc1)c1nccc(CN)n1. The highest BCUT2D eigenvalue weighted by Crippen LogP contribution is 2.09. The van der Waals surface area contributed by atoms with E-state index in [2.05, 4.69) is 15.0 Å². The predicted molar refractivity (Wildman–Crippen MR) is 66.3 cm³/mol. The zero-order valence-corrected chi connectivity index (χ0v) is 9.74. The van der Waals surface area contributed by atoms with Gasteiger partial charge in [0.05, 0.1) is 5.69 Å². The molecule has 0 atom stereocenters. The topological polar surface area (TPSA) is 67.9 Å². The van der Waals surface area contributed by atoms with Crippen molar-refractivity contribution in [1.29, 1.82) is 0 Å². The van der Waals surface area contributed by atoms with Crippen LogP contribution in [0.15, 0.2) is 36.8 Å². The van der Waals surface area contributed by atoms with Gasteiger partial charge in [0.2, 0.25) is 5.95 Å². The largest absolute Gasteiger partial charge is 0.340 e. The van der Waals surface area contributed by atoms with Crippen LogP contribution in [0.3, 0.4) is 0 Å². The van der Waals surface area contributed by atoms with Crippen LogP contribution in [0.1, 0.15) is 11.3 Å². The van der Waals surface area contributed by atoms with E-state index < -0.39 is 0 Å². The Bertz CT molecular complexity index is 471. The Hall–Kier alpha value is -2.01. The Labute approximate surface area is 100 Å². The highest BCUT2D eigenvalue weighted by Gasteiger charge is 2.05. The van der Waals surface area contributed by atoms with Gasteiger partial charge >= 0.3 is 0 Å². The Morgan fingerprint density at radius 3 is 2.65 bits per heavy atom. The lowest BCUT2D eigenvalue weighted by Crippen LogP contribution is -2.19. The Morgan fingerprint density at radius 2 is 1.94 bits per heavy atom. The first-order valence-electron chi connectivity index (χ1n) is 5.41. The maximum Gasteiger partial charge on any atom is 0.225 e. The standard InChI is InChI=1S/C12H15N5/c1-17(9-10-2-5-14-6-3-10)12-15-7-4-11(8-13)16-12/h2-7H,8-9,13H2,1H3. The maximum absolute atomic E-state index is 5.55. The van der Waals surface area contributed by atoms with Gasteiger partial charge in [-0.3, -0.25) is 4.98 Å². The second-order valence-electron chi connectivity index (χ2n) is 3.76. The number of pyridine rings is 1. The normalized spacial score (nSPS) is 10.2. The summed E-state index contributed by atoms with van der Waals surface area (Å²) < 4.78 is 0. The van der Waals surface area contributed by atoms with Crippen molar-refractivity contribution in [3.05, 3.63) is 48.0 Å². The van der Waals surface area contributed by atoms with Gasteiger partial charge in [-0.2, -0.15) is 0 Å². The van der Waals surface area contributed by atoms with E-state index >= 15 is 0 Å². The molecule has 0 fully saturated rings. The Kier molecular flexibility index (Phi) is 3.62. The van der Waals surface area contributed by atoms with Crippen LogP contribution in [0.4, 0.5) is 5.95 Å². The number of nitrogens with zero attached hydrogens (tertiary/aromatic N) is 4. The van der Waals surface area contributed by atoms with Crippen LogP contribution in [0.25, 0.3) is 0 Å². The molecule has 0 aliphatic rings. The lowest BCUT2D eigenvalue weighted by Gasteiger charge is -2.17. The number of aromatic nitrogens is 3. The van der Waals surface area contributed by atoms with Gasteiger partial charge < -0.3 is 10.6 Å². The van der Waals surface area contributed by atoms with Crippen molar-refractivity contribution >= 4 is 5.95 Å². The summed E-state index contributed by atoms with van der Waals surface area (Å²) in [5.74, 6) is 0.685. The Morgan fingerprint density at radius 1 is 1.18 bits per heavy atom. The van der Waals surface area contributed by atoms with E-state index in [9.17, 15) is 0 Å². The molecule has 2 aromatic rings. The summed E-state index contributed by atoms with van der Waals surface area (Å²) in [7, 11) is 1.95. The van der Waals surface area contributed by atoms with Gasteiger partial charge in [-0.25, -0.2) is 9.97 Å². The molecule has 0 aliphatic heterocycles. The molecule has 2 rings (SSSR count). The first-order chi connectivity index (χ1) is 8.29. The van der Waals surface area contributed by atoms with E-state index in [-0.39, 0.29) is 0 Å². The second kappa shape index (κ2) is 5.36. The molecule has 2 N–H and O–H groups in total. The molecule has 0 saturated carbocycles. The fraction of sp³-hybridized carbons (Fsp3) is 0.250. The van der Waals surface area contributed by atoms with E-state index in [1.54, 1.807) is 18.6 Å². The third-order valence-electron chi connectivity index (χ3n) is 2.42. The summed E-state index contributed by atoms with van der Waals surface area (Å²) in [6.45, 7) is 1.18. The molecule has 88 valence electrons. The van der Waals surface area contributed by atoms with Crippen molar-refractivity contribution in [2.24, 2.45) is 5.73 Å². The van der Waals surface area contributed by atoms with E-state index in [0.29, 0.717) is 12.5 Å². The summed E-state index contributed by atoms with van der Waals surface area (Å²) >= 11 is 0. The second-order valence-corrected chi connectivity index (χ2v) is 3.76. The molecule has 0 spiro atoms. The quantitative estimate of drug-likeness (QED) is 0.846.